The molecule has 8 aromatic heterocycles. The van der Waals surface area contributed by atoms with E-state index >= 15 is 0 Å². The molecule has 4 aromatic carbocycles. The fourth-order valence-corrected chi connectivity index (χ4v) is 16.4. The molecule has 0 unspecified atom stereocenters. The number of nitrogens with zero attached hydrogens (tertiary/aromatic N) is 20. The van der Waals surface area contributed by atoms with Gasteiger partial charge in [-0.1, -0.05) is 144 Å². The Morgan fingerprint density at radius 2 is 0.632 bits per heavy atom. The Balaban J connectivity index is 0.000000165. The zero-order valence-corrected chi connectivity index (χ0v) is 79.9. The Kier molecular flexibility index (Phi) is 20.4. The molecule has 16 N–H and O–H groups in total. The summed E-state index contributed by atoms with van der Waals surface area (Å²) in [7, 11) is 0. The number of benzene rings is 4. The first-order chi connectivity index (χ1) is 86.0. The normalized spacial score (nSPS) is 44.8. The molecule has 0 bridgehead atoms. The number of rotatable bonds is 40. The smallest absolute Gasteiger partial charge is 0.191 e. The average molecular weight is 2120 g/mol. The molecular formula is C96H124F4N24O16S4. The molecule has 24 atom stereocenters. The SMILES string of the molecule is [2H]C([2H])(C)C([2H])([2H])Sc1nc(N[C@@H]2C[C@@]2([2H])c2ccc(C)c(F)c2)c2nnn([C@]3([2H])C([2H])([2H])[C@]([2H])(OCCO)[C@@]([2H])(O)[C@@]3([2H])O)c2n1.[2H]C([2H])(CC)Sc1nc(N[C@@H]2C[C@@]2([2H])c2ccc(C)c(F)c2)c2nnn([C@]3([2H])C([2H])([2H])[C@]([2H])(OC([2H])([2H])C([2H])([2H])O)[C@@]([2H])(O)[C@@]3([2H])O)c2n1.[2H]C([2H])(CO)O[C@@]1([2H])C([2H])([2H])[C@@]([2H])(n2nnc3c(N[C@@H]4C[C@@]4([2H])c4ccc(C)c(F)c4)nc(SC([2H])([2H])CC)nc32)[C@]([2H])(O)[C@]1([2H])O.[2H]C([2H])(O)CO[C@@]1([2H])C([2H])([2H])[C@@]([2H])(n2nnc3c(N[C@@H]4C[C@@]4([2H])c4ccc(C)c(F)c4)nc(SC([2H])([2H])CC)nc32)[C@]([2H])(O)[C@]1([2H])O. The van der Waals surface area contributed by atoms with E-state index in [4.69, 9.17) is 77.3 Å². The Labute approximate surface area is 908 Å². The quantitative estimate of drug-likeness (QED) is 0.00969. The first-order valence-corrected chi connectivity index (χ1v) is 46.9. The van der Waals surface area contributed by atoms with Crippen molar-refractivity contribution < 1.29 is 161 Å². The van der Waals surface area contributed by atoms with E-state index in [1.165, 1.54) is 62.4 Å². The van der Waals surface area contributed by atoms with Gasteiger partial charge in [0.25, 0.3) is 0 Å². The Morgan fingerprint density at radius 1 is 0.361 bits per heavy atom. The molecule has 40 nitrogen and oxygen atoms in total. The number of aromatic nitrogens is 20. The Hall–Kier alpha value is -9.52. The molecule has 144 heavy (non-hydrogen) atoms. The van der Waals surface area contributed by atoms with E-state index in [1.807, 2.05) is 0 Å². The van der Waals surface area contributed by atoms with E-state index in [1.54, 1.807) is 58.9 Å². The van der Waals surface area contributed by atoms with Gasteiger partial charge in [-0.25, -0.2) is 76.2 Å². The van der Waals surface area contributed by atoms with Gasteiger partial charge < -0.3 is 101 Å². The molecule has 48 heteroatoms. The third-order valence-corrected chi connectivity index (χ3v) is 25.0. The molecule has 8 saturated carbocycles. The van der Waals surface area contributed by atoms with E-state index in [2.05, 4.69) is 107 Å². The standard InChI is InChI=1S/4C24H31FN6O4S/c4*1-3-8-36-24-27-22(26-16-10-14(16)13-5-4-12(2)15(25)9-13)19-23(28-24)31(30-29-19)17-11-18(35-7-6-32)21(34)20(17)33/h4*4-5,9,14,16-18,20-21,32-34H,3,6-8,10-11H2,1-2H3,(H,26,27,28)/t4*14-,16+,17+,18-,20-,21+/m0000/s1/i6D2,7D2,8D2,11D2,14D,17D,18D,20D,21D;7D2,8D2,11D2,14D,17D,18D,20D,21D;6D2,8D2,11D2,14D,17D,18D,20D,21D;3D2,8D2,11D2,14D,17D,18D,20D,21D. The van der Waals surface area contributed by atoms with Crippen molar-refractivity contribution in [1.29, 1.82) is 0 Å². The van der Waals surface area contributed by atoms with Crippen LogP contribution < -0.4 is 21.3 Å². The number of ether oxygens (including phenoxy) is 4. The maximum atomic E-state index is 14.3. The van der Waals surface area contributed by atoms with Crippen LogP contribution in [0.5, 0.6) is 0 Å². The lowest BCUT2D eigenvalue weighted by Crippen LogP contribution is -2.33. The lowest BCUT2D eigenvalue weighted by molar-refractivity contribution is -0.0629. The fourth-order valence-electron chi connectivity index (χ4n) is 14.4. The highest BCUT2D eigenvalue weighted by Crippen LogP contribution is 2.50. The fraction of sp³-hybridized carbons (Fsp3) is 0.583. The van der Waals surface area contributed by atoms with Crippen molar-refractivity contribution in [2.45, 2.75) is 298 Å². The zero-order valence-electron chi connectivity index (χ0n) is 123. The first-order valence-electron chi connectivity index (χ1n) is 66.6. The van der Waals surface area contributed by atoms with E-state index in [0.29, 0.717) is 79.8 Å². The average Bonchev–Trinajstić information content (AvgIpc) is 1.47. The summed E-state index contributed by atoms with van der Waals surface area (Å²) in [5.74, 6) is -8.45. The second-order valence-corrected chi connectivity index (χ2v) is 35.0. The molecule has 8 fully saturated rings. The summed E-state index contributed by atoms with van der Waals surface area (Å²) >= 11 is 1.66. The van der Waals surface area contributed by atoms with Crippen LogP contribution in [-0.4, -0.2) is 334 Å². The highest BCUT2D eigenvalue weighted by atomic mass is 32.2. The number of halogens is 4. The lowest BCUT2D eigenvalue weighted by atomic mass is 10.1. The van der Waals surface area contributed by atoms with E-state index in [0.717, 1.165) is 6.92 Å². The minimum Gasteiger partial charge on any atom is -0.394 e. The van der Waals surface area contributed by atoms with Gasteiger partial charge >= 0.3 is 0 Å². The number of anilines is 4. The third kappa shape index (κ3) is 23.8. The van der Waals surface area contributed by atoms with Crippen molar-refractivity contribution in [1.82, 2.24) is 99.8 Å². The van der Waals surface area contributed by atoms with Crippen molar-refractivity contribution in [3.63, 3.8) is 0 Å². The van der Waals surface area contributed by atoms with Crippen LogP contribution in [0.1, 0.15) is 260 Å². The number of aliphatic hydroxyl groups excluding tert-OH is 2. The van der Waals surface area contributed by atoms with Gasteiger partial charge in [0.05, 0.1) is 134 Å². The summed E-state index contributed by atoms with van der Waals surface area (Å²) in [6, 6.07) is -0.718. The van der Waals surface area contributed by atoms with Gasteiger partial charge in [-0.3, -0.25) is 0 Å². The monoisotopic (exact) mass is 2120 g/mol. The summed E-state index contributed by atoms with van der Waals surface area (Å²) in [4.78, 5) is 33.6. The summed E-state index contributed by atoms with van der Waals surface area (Å²) in [6.45, 7) is -7.41. The number of hydrogen-bond donors (Lipinski definition) is 16. The van der Waals surface area contributed by atoms with Gasteiger partial charge in [-0.15, -0.1) is 20.4 Å². The number of aryl methyl sites for hydroxylation is 4. The molecule has 0 radical (unpaired) electrons. The molecular weight excluding hydrogens is 1950 g/mol. The molecule has 0 aliphatic heterocycles. The maximum absolute atomic E-state index is 14.3. The molecule has 776 valence electrons. The van der Waals surface area contributed by atoms with Crippen molar-refractivity contribution in [2.75, 3.05) is 96.8 Å². The van der Waals surface area contributed by atoms with E-state index < -0.39 is 314 Å². The van der Waals surface area contributed by atoms with Crippen molar-refractivity contribution in [2.24, 2.45) is 0 Å². The Bertz CT molecular complexity index is 9020. The van der Waals surface area contributed by atoms with Crippen molar-refractivity contribution in [3.8, 4) is 0 Å². The van der Waals surface area contributed by atoms with Gasteiger partial charge in [0, 0.05) is 126 Å². The lowest BCUT2D eigenvalue weighted by Gasteiger charge is -2.17. The van der Waals surface area contributed by atoms with Gasteiger partial charge in [0.1, 0.15) is 71.9 Å². The van der Waals surface area contributed by atoms with Gasteiger partial charge in [-0.05, 0) is 148 Å². The van der Waals surface area contributed by atoms with E-state index in [-0.39, 0.29) is 126 Å². The molecule has 8 aliphatic rings. The number of thioether (sulfide) groups is 4. The van der Waals surface area contributed by atoms with Crippen molar-refractivity contribution in [3.05, 3.63) is 141 Å². The van der Waals surface area contributed by atoms with Crippen LogP contribution >= 0.6 is 47.0 Å². The predicted octanol–water partition coefficient (Wildman–Crippen LogP) is 8.73. The van der Waals surface area contributed by atoms with Crippen molar-refractivity contribution >= 4 is 115 Å². The van der Waals surface area contributed by atoms with Crippen LogP contribution in [0.2, 0.25) is 0 Å². The van der Waals surface area contributed by atoms with Gasteiger partial charge in [-0.2, -0.15) is 0 Å². The topological polar surface area (TPSA) is 554 Å². The molecule has 8 heterocycles. The van der Waals surface area contributed by atoms with Crippen LogP contribution in [0.15, 0.2) is 93.4 Å². The summed E-state index contributed by atoms with van der Waals surface area (Å²) in [5, 5.41) is 167. The molecule has 20 rings (SSSR count). The van der Waals surface area contributed by atoms with E-state index in [9.17, 15) is 78.8 Å². The molecule has 0 spiro atoms. The Morgan fingerprint density at radius 3 is 0.882 bits per heavy atom. The molecule has 0 amide bonds. The molecule has 12 aromatic rings. The molecule has 8 aliphatic carbocycles. The zero-order chi connectivity index (χ0) is 143. The van der Waals surface area contributed by atoms with Crippen LogP contribution in [-0.2, 0) is 18.9 Å². The van der Waals surface area contributed by atoms with Gasteiger partial charge in [0.15, 0.2) is 88.6 Å². The highest BCUT2D eigenvalue weighted by Gasteiger charge is 2.51. The van der Waals surface area contributed by atoms with Gasteiger partial charge in [0.2, 0.25) is 0 Å². The summed E-state index contributed by atoms with van der Waals surface area (Å²) < 4.78 is 461. The number of hydrogen-bond acceptors (Lipinski definition) is 40. The van der Waals surface area contributed by atoms with Crippen LogP contribution in [0.25, 0.3) is 44.7 Å². The van der Waals surface area contributed by atoms with Crippen LogP contribution in [0.4, 0.5) is 40.8 Å². The number of fused-ring (bicyclic) bond motifs is 4. The summed E-state index contributed by atoms with van der Waals surface area (Å²) in [6.07, 6.45) is -65.8. The third-order valence-electron chi connectivity index (χ3n) is 21.9. The van der Waals surface area contributed by atoms with Crippen LogP contribution in [0.3, 0.4) is 0 Å². The number of aliphatic hydroxyl groups is 12. The number of nitrogens with one attached hydrogen (secondary N) is 4. The van der Waals surface area contributed by atoms with Crippen LogP contribution in [0, 0.1) is 51.0 Å². The predicted molar refractivity (Wildman–Crippen MR) is 530 cm³/mol. The maximum Gasteiger partial charge on any atom is 0.191 e. The largest absolute Gasteiger partial charge is 0.394 e. The highest BCUT2D eigenvalue weighted by molar-refractivity contribution is 7.99. The molecule has 0 saturated heterocycles. The minimum atomic E-state index is -4.32. The second-order valence-electron chi connectivity index (χ2n) is 31.7. The second kappa shape index (κ2) is 47.3. The minimum absolute atomic E-state index is 0.0306. The first kappa shape index (κ1) is 62.1. The summed E-state index contributed by atoms with van der Waals surface area (Å²) in [5.41, 5.74) is -9.93.